The molecule has 0 rings (SSSR count). The van der Waals surface area contributed by atoms with Crippen molar-refractivity contribution < 1.29 is 13.8 Å². The molecule has 3 nitrogen and oxygen atoms in total. The first-order chi connectivity index (χ1) is 4.06. The minimum atomic E-state index is -2.80. The first-order valence-electron chi connectivity index (χ1n) is 2.47. The molecule has 0 aliphatic rings. The van der Waals surface area contributed by atoms with Crippen LogP contribution in [0.3, 0.4) is 0 Å². The Bertz CT molecular complexity index is 110. The summed E-state index contributed by atoms with van der Waals surface area (Å²) in [5, 5.41) is 0. The Kier molecular flexibility index (Phi) is 4.50. The Balaban J connectivity index is 3.18. The van der Waals surface area contributed by atoms with Crippen molar-refractivity contribution in [2.24, 2.45) is 0 Å². The zero-order valence-corrected chi connectivity index (χ0v) is 7.11. The number of methoxy groups -OCH3 is 1. The molecule has 0 heterocycles. The topological polar surface area (TPSA) is 35.5 Å². The van der Waals surface area contributed by atoms with Gasteiger partial charge in [0.05, 0.1) is 13.2 Å². The van der Waals surface area contributed by atoms with Crippen LogP contribution < -0.4 is 0 Å². The molecule has 0 aromatic heterocycles. The third kappa shape index (κ3) is 8.44. The monoisotopic (exact) mass is 172 g/mol. The molecule has 0 fully saturated rings. The molecule has 0 N–H and O–H groups in total. The molecule has 0 aliphatic carbocycles. The number of hydrogen-bond donors (Lipinski definition) is 0. The lowest BCUT2D eigenvalue weighted by Crippen LogP contribution is -1.97. The van der Waals surface area contributed by atoms with Gasteiger partial charge in [0.2, 0.25) is 0 Å². The summed E-state index contributed by atoms with van der Waals surface area (Å²) in [4.78, 5) is 0. The van der Waals surface area contributed by atoms with Gasteiger partial charge in [-0.1, -0.05) is 0 Å². The number of ether oxygens (including phenoxy) is 1. The molecule has 0 amide bonds. The summed E-state index contributed by atoms with van der Waals surface area (Å²) in [5.41, 5.74) is 0. The molecule has 0 aromatic carbocycles. The molecule has 5 heteroatoms. The number of halogens is 1. The minimum absolute atomic E-state index is 0.285. The zero-order valence-electron chi connectivity index (χ0n) is 5.46. The van der Waals surface area contributed by atoms with E-state index in [1.165, 1.54) is 13.8 Å². The van der Waals surface area contributed by atoms with E-state index in [-0.39, 0.29) is 6.61 Å². The van der Waals surface area contributed by atoms with Gasteiger partial charge in [-0.15, -0.1) is 0 Å². The lowest BCUT2D eigenvalue weighted by atomic mass is 10.8. The zero-order chi connectivity index (χ0) is 7.33. The molecule has 0 spiro atoms. The lowest BCUT2D eigenvalue weighted by Gasteiger charge is -2.03. The fraction of sp³-hybridized carbons (Fsp3) is 1.00. The molecule has 56 valence electrons. The highest BCUT2D eigenvalue weighted by atomic mass is 35.7. The van der Waals surface area contributed by atoms with Gasteiger partial charge >= 0.3 is 0 Å². The Morgan fingerprint density at radius 3 is 2.44 bits per heavy atom. The number of hydrogen-bond acceptors (Lipinski definition) is 3. The van der Waals surface area contributed by atoms with Crippen molar-refractivity contribution in [1.29, 1.82) is 0 Å². The van der Waals surface area contributed by atoms with Crippen LogP contribution in [0, 0.1) is 0 Å². The Morgan fingerprint density at radius 1 is 1.56 bits per heavy atom. The van der Waals surface area contributed by atoms with Crippen LogP contribution >= 0.6 is 18.0 Å². The summed E-state index contributed by atoms with van der Waals surface area (Å²) in [6.45, 7) is -0.745. The van der Waals surface area contributed by atoms with Crippen molar-refractivity contribution >= 4 is 18.0 Å². The molecular formula is C4H10ClO3P. The van der Waals surface area contributed by atoms with Crippen molar-refractivity contribution in [3.8, 4) is 0 Å². The van der Waals surface area contributed by atoms with E-state index in [4.69, 9.17) is 11.2 Å². The molecule has 1 unspecified atom stereocenters. The Morgan fingerprint density at radius 2 is 2.11 bits per heavy atom. The molecule has 9 heavy (non-hydrogen) atoms. The van der Waals surface area contributed by atoms with Crippen LogP contribution in [0.5, 0.6) is 0 Å². The highest BCUT2D eigenvalue weighted by molar-refractivity contribution is 7.84. The predicted octanol–water partition coefficient (Wildman–Crippen LogP) is 1.71. The average Bonchev–Trinajstić information content (AvgIpc) is 1.63. The van der Waals surface area contributed by atoms with Crippen molar-refractivity contribution in [3.63, 3.8) is 0 Å². The van der Waals surface area contributed by atoms with Gasteiger partial charge < -0.3 is 9.26 Å². The smallest absolute Gasteiger partial charge is 0.287 e. The van der Waals surface area contributed by atoms with E-state index in [1.54, 1.807) is 0 Å². The van der Waals surface area contributed by atoms with Crippen molar-refractivity contribution in [2.75, 3.05) is 27.0 Å². The predicted molar refractivity (Wildman–Crippen MR) is 37.2 cm³/mol. The van der Waals surface area contributed by atoms with Gasteiger partial charge in [0.1, 0.15) is 0 Å². The van der Waals surface area contributed by atoms with Gasteiger partial charge in [0, 0.05) is 13.8 Å². The summed E-state index contributed by atoms with van der Waals surface area (Å²) < 4.78 is 19.9. The van der Waals surface area contributed by atoms with Crippen LogP contribution in [0.2, 0.25) is 0 Å². The maximum atomic E-state index is 10.6. The van der Waals surface area contributed by atoms with E-state index in [1.807, 2.05) is 0 Å². The van der Waals surface area contributed by atoms with Gasteiger partial charge in [-0.2, -0.15) is 0 Å². The second-order valence-corrected chi connectivity index (χ2v) is 5.17. The van der Waals surface area contributed by atoms with Crippen molar-refractivity contribution in [3.05, 3.63) is 0 Å². The standard InChI is InChI=1S/C4H10ClO3P/c1-7-3-4-8-9(2,5)6/h3-4H2,1-2H3. The molecule has 0 aliphatic heterocycles. The summed E-state index contributed by atoms with van der Waals surface area (Å²) in [7, 11) is 1.54. The van der Waals surface area contributed by atoms with Gasteiger partial charge in [0.15, 0.2) is 0 Å². The third-order valence-electron chi connectivity index (χ3n) is 0.609. The van der Waals surface area contributed by atoms with E-state index < -0.39 is 6.72 Å². The van der Waals surface area contributed by atoms with Crippen LogP contribution in [0.4, 0.5) is 0 Å². The quantitative estimate of drug-likeness (QED) is 0.478. The Hall–Kier alpha value is 0.440. The van der Waals surface area contributed by atoms with Crippen LogP contribution in [0.15, 0.2) is 0 Å². The first kappa shape index (κ1) is 9.44. The highest BCUT2D eigenvalue weighted by Gasteiger charge is 2.08. The van der Waals surface area contributed by atoms with Gasteiger partial charge in [-0.05, 0) is 11.2 Å². The second kappa shape index (κ2) is 4.29. The van der Waals surface area contributed by atoms with Gasteiger partial charge in [0.25, 0.3) is 6.72 Å². The highest BCUT2D eigenvalue weighted by Crippen LogP contribution is 2.47. The van der Waals surface area contributed by atoms with E-state index in [0.29, 0.717) is 6.61 Å². The van der Waals surface area contributed by atoms with E-state index in [2.05, 4.69) is 9.26 Å². The molecule has 1 atom stereocenters. The maximum absolute atomic E-state index is 10.6. The van der Waals surface area contributed by atoms with Crippen LogP contribution in [-0.2, 0) is 13.8 Å². The fourth-order valence-electron chi connectivity index (χ4n) is 0.284. The molecule has 0 saturated heterocycles. The molecular weight excluding hydrogens is 162 g/mol. The minimum Gasteiger partial charge on any atom is -0.382 e. The largest absolute Gasteiger partial charge is 0.382 e. The fourth-order valence-corrected chi connectivity index (χ4v) is 0.891. The van der Waals surface area contributed by atoms with E-state index >= 15 is 0 Å². The second-order valence-electron chi connectivity index (χ2n) is 1.57. The van der Waals surface area contributed by atoms with E-state index in [0.717, 1.165) is 0 Å². The molecule has 0 radical (unpaired) electrons. The Labute approximate surface area is 59.5 Å². The third-order valence-corrected chi connectivity index (χ3v) is 1.55. The SMILES string of the molecule is COCCOP(C)(=O)Cl. The lowest BCUT2D eigenvalue weighted by molar-refractivity contribution is 0.150. The summed E-state index contributed by atoms with van der Waals surface area (Å²) in [6.07, 6.45) is 0. The van der Waals surface area contributed by atoms with Crippen molar-refractivity contribution in [1.82, 2.24) is 0 Å². The summed E-state index contributed by atoms with van der Waals surface area (Å²) in [6, 6.07) is 0. The van der Waals surface area contributed by atoms with E-state index in [9.17, 15) is 4.57 Å². The maximum Gasteiger partial charge on any atom is 0.287 e. The summed E-state index contributed by atoms with van der Waals surface area (Å²) in [5.74, 6) is 0. The van der Waals surface area contributed by atoms with Gasteiger partial charge in [-0.3, -0.25) is 4.57 Å². The van der Waals surface area contributed by atoms with Gasteiger partial charge in [-0.25, -0.2) is 0 Å². The summed E-state index contributed by atoms with van der Waals surface area (Å²) >= 11 is 5.25. The normalized spacial score (nSPS) is 17.2. The van der Waals surface area contributed by atoms with Crippen molar-refractivity contribution in [2.45, 2.75) is 0 Å². The number of rotatable bonds is 4. The van der Waals surface area contributed by atoms with Crippen LogP contribution in [-0.4, -0.2) is 27.0 Å². The molecule has 0 saturated carbocycles. The van der Waals surface area contributed by atoms with Crippen LogP contribution in [0.25, 0.3) is 0 Å². The molecule has 0 aromatic rings. The average molecular weight is 173 g/mol. The van der Waals surface area contributed by atoms with Crippen LogP contribution in [0.1, 0.15) is 0 Å². The first-order valence-corrected chi connectivity index (χ1v) is 5.44. The molecule has 0 bridgehead atoms.